The van der Waals surface area contributed by atoms with Crippen molar-refractivity contribution < 1.29 is 4.79 Å². The number of rotatable bonds is 5. The third-order valence-electron chi connectivity index (χ3n) is 1.57. The minimum atomic E-state index is 0.0747. The molecule has 1 atom stereocenters. The third-order valence-corrected chi connectivity index (χ3v) is 1.57. The van der Waals surface area contributed by atoms with Crippen molar-refractivity contribution >= 4 is 5.91 Å². The second-order valence-corrected chi connectivity index (χ2v) is 3.63. The SMILES string of the molecule is CNCC(=O)NC(C)CC(C)C. The monoisotopic (exact) mass is 172 g/mol. The Morgan fingerprint density at radius 1 is 1.33 bits per heavy atom. The van der Waals surface area contributed by atoms with Crippen molar-refractivity contribution in [3.05, 3.63) is 0 Å². The number of carbonyl (C=O) groups excluding carboxylic acids is 1. The Hall–Kier alpha value is -0.570. The Balaban J connectivity index is 3.54. The summed E-state index contributed by atoms with van der Waals surface area (Å²) in [6, 6.07) is 0.283. The molecule has 3 nitrogen and oxygen atoms in total. The van der Waals surface area contributed by atoms with Gasteiger partial charge in [-0.2, -0.15) is 0 Å². The minimum Gasteiger partial charge on any atom is -0.353 e. The van der Waals surface area contributed by atoms with Crippen molar-refractivity contribution in [2.75, 3.05) is 13.6 Å². The van der Waals surface area contributed by atoms with Gasteiger partial charge in [-0.1, -0.05) is 13.8 Å². The van der Waals surface area contributed by atoms with Crippen LogP contribution in [0.3, 0.4) is 0 Å². The van der Waals surface area contributed by atoms with Crippen LogP contribution in [0.15, 0.2) is 0 Å². The van der Waals surface area contributed by atoms with Gasteiger partial charge in [-0.05, 0) is 26.3 Å². The molecule has 1 unspecified atom stereocenters. The lowest BCUT2D eigenvalue weighted by Gasteiger charge is -2.15. The molecular weight excluding hydrogens is 152 g/mol. The van der Waals surface area contributed by atoms with E-state index in [1.54, 1.807) is 7.05 Å². The molecule has 0 aliphatic rings. The first kappa shape index (κ1) is 11.4. The standard InChI is InChI=1S/C9H20N2O/c1-7(2)5-8(3)11-9(12)6-10-4/h7-8,10H,5-6H2,1-4H3,(H,11,12). The zero-order valence-electron chi connectivity index (χ0n) is 8.48. The first-order chi connectivity index (χ1) is 5.56. The first-order valence-electron chi connectivity index (χ1n) is 4.50. The van der Waals surface area contributed by atoms with Crippen molar-refractivity contribution in [1.29, 1.82) is 0 Å². The molecule has 2 N–H and O–H groups in total. The molecule has 0 aliphatic carbocycles. The Morgan fingerprint density at radius 3 is 2.33 bits per heavy atom. The lowest BCUT2D eigenvalue weighted by atomic mass is 10.1. The van der Waals surface area contributed by atoms with Gasteiger partial charge in [0.25, 0.3) is 0 Å². The quantitative estimate of drug-likeness (QED) is 0.642. The van der Waals surface area contributed by atoms with Crippen LogP contribution in [0.2, 0.25) is 0 Å². The number of carbonyl (C=O) groups is 1. The summed E-state index contributed by atoms with van der Waals surface area (Å²) in [7, 11) is 1.77. The summed E-state index contributed by atoms with van der Waals surface area (Å²) < 4.78 is 0. The van der Waals surface area contributed by atoms with Gasteiger partial charge >= 0.3 is 0 Å². The van der Waals surface area contributed by atoms with Crippen LogP contribution in [-0.4, -0.2) is 25.5 Å². The molecule has 0 saturated heterocycles. The molecule has 0 rings (SSSR count). The summed E-state index contributed by atoms with van der Waals surface area (Å²) in [4.78, 5) is 11.1. The van der Waals surface area contributed by atoms with Crippen molar-refractivity contribution in [3.8, 4) is 0 Å². The Labute approximate surface area is 74.9 Å². The number of hydrogen-bond donors (Lipinski definition) is 2. The van der Waals surface area contributed by atoms with Crippen LogP contribution in [0, 0.1) is 5.92 Å². The van der Waals surface area contributed by atoms with Crippen molar-refractivity contribution in [2.24, 2.45) is 5.92 Å². The molecule has 12 heavy (non-hydrogen) atoms. The van der Waals surface area contributed by atoms with E-state index in [2.05, 4.69) is 24.5 Å². The van der Waals surface area contributed by atoms with E-state index >= 15 is 0 Å². The molecular formula is C9H20N2O. The lowest BCUT2D eigenvalue weighted by molar-refractivity contribution is -0.120. The highest BCUT2D eigenvalue weighted by molar-refractivity contribution is 5.78. The minimum absolute atomic E-state index is 0.0747. The molecule has 72 valence electrons. The molecule has 0 fully saturated rings. The lowest BCUT2D eigenvalue weighted by Crippen LogP contribution is -2.38. The van der Waals surface area contributed by atoms with E-state index in [4.69, 9.17) is 0 Å². The third kappa shape index (κ3) is 6.16. The van der Waals surface area contributed by atoms with Gasteiger partial charge in [-0.15, -0.1) is 0 Å². The van der Waals surface area contributed by atoms with Gasteiger partial charge in [-0.25, -0.2) is 0 Å². The second kappa shape index (κ2) is 6.00. The van der Waals surface area contributed by atoms with E-state index in [9.17, 15) is 4.79 Å². The summed E-state index contributed by atoms with van der Waals surface area (Å²) in [5.41, 5.74) is 0. The van der Waals surface area contributed by atoms with Gasteiger partial charge in [0.05, 0.1) is 6.54 Å². The number of nitrogens with one attached hydrogen (secondary N) is 2. The normalized spacial score (nSPS) is 13.1. The maximum Gasteiger partial charge on any atom is 0.234 e. The maximum atomic E-state index is 11.1. The summed E-state index contributed by atoms with van der Waals surface area (Å²) >= 11 is 0. The largest absolute Gasteiger partial charge is 0.353 e. The average Bonchev–Trinajstić information content (AvgIpc) is 1.84. The fraction of sp³-hybridized carbons (Fsp3) is 0.889. The Morgan fingerprint density at radius 2 is 1.92 bits per heavy atom. The van der Waals surface area contributed by atoms with Gasteiger partial charge in [0.1, 0.15) is 0 Å². The van der Waals surface area contributed by atoms with Crippen LogP contribution < -0.4 is 10.6 Å². The molecule has 0 radical (unpaired) electrons. The molecule has 0 bridgehead atoms. The van der Waals surface area contributed by atoms with E-state index in [-0.39, 0.29) is 11.9 Å². The number of amides is 1. The van der Waals surface area contributed by atoms with Crippen molar-refractivity contribution in [3.63, 3.8) is 0 Å². The Kier molecular flexibility index (Phi) is 5.72. The van der Waals surface area contributed by atoms with E-state index in [1.807, 2.05) is 6.92 Å². The molecule has 3 heteroatoms. The first-order valence-corrected chi connectivity index (χ1v) is 4.50. The van der Waals surface area contributed by atoms with Crippen molar-refractivity contribution in [2.45, 2.75) is 33.2 Å². The van der Waals surface area contributed by atoms with Crippen LogP contribution >= 0.6 is 0 Å². The van der Waals surface area contributed by atoms with E-state index < -0.39 is 0 Å². The van der Waals surface area contributed by atoms with Gasteiger partial charge in [0, 0.05) is 6.04 Å². The van der Waals surface area contributed by atoms with Gasteiger partial charge in [-0.3, -0.25) is 4.79 Å². The molecule has 0 aliphatic heterocycles. The van der Waals surface area contributed by atoms with E-state index in [0.29, 0.717) is 12.5 Å². The summed E-state index contributed by atoms with van der Waals surface area (Å²) in [6.45, 7) is 6.75. The van der Waals surface area contributed by atoms with Gasteiger partial charge in [0.15, 0.2) is 0 Å². The van der Waals surface area contributed by atoms with E-state index in [0.717, 1.165) is 6.42 Å². The molecule has 0 aromatic rings. The molecule has 0 spiro atoms. The highest BCUT2D eigenvalue weighted by Crippen LogP contribution is 2.02. The van der Waals surface area contributed by atoms with Crippen LogP contribution in [0.25, 0.3) is 0 Å². The van der Waals surface area contributed by atoms with Crippen LogP contribution in [0.5, 0.6) is 0 Å². The van der Waals surface area contributed by atoms with Crippen LogP contribution in [0.4, 0.5) is 0 Å². The average molecular weight is 172 g/mol. The van der Waals surface area contributed by atoms with Crippen LogP contribution in [0.1, 0.15) is 27.2 Å². The van der Waals surface area contributed by atoms with Gasteiger partial charge < -0.3 is 10.6 Å². The fourth-order valence-electron chi connectivity index (χ4n) is 1.25. The predicted octanol–water partition coefficient (Wildman–Crippen LogP) is 0.757. The molecule has 0 aromatic carbocycles. The molecule has 0 aromatic heterocycles. The van der Waals surface area contributed by atoms with E-state index in [1.165, 1.54) is 0 Å². The Bertz CT molecular complexity index is 134. The van der Waals surface area contributed by atoms with Crippen LogP contribution in [-0.2, 0) is 4.79 Å². The number of likely N-dealkylation sites (N-methyl/N-ethyl adjacent to an activating group) is 1. The maximum absolute atomic E-state index is 11.1. The van der Waals surface area contributed by atoms with Gasteiger partial charge in [0.2, 0.25) is 5.91 Å². The summed E-state index contributed by atoms with van der Waals surface area (Å²) in [6.07, 6.45) is 1.04. The molecule has 0 saturated carbocycles. The number of hydrogen-bond acceptors (Lipinski definition) is 2. The van der Waals surface area contributed by atoms with Crippen molar-refractivity contribution in [1.82, 2.24) is 10.6 Å². The topological polar surface area (TPSA) is 41.1 Å². The molecule has 0 heterocycles. The summed E-state index contributed by atoms with van der Waals surface area (Å²) in [5, 5.41) is 5.72. The highest BCUT2D eigenvalue weighted by atomic mass is 16.1. The fourth-order valence-corrected chi connectivity index (χ4v) is 1.25. The molecule has 1 amide bonds. The summed E-state index contributed by atoms with van der Waals surface area (Å²) in [5.74, 6) is 0.709. The zero-order valence-corrected chi connectivity index (χ0v) is 8.48. The zero-order chi connectivity index (χ0) is 9.56. The second-order valence-electron chi connectivity index (χ2n) is 3.63. The highest BCUT2D eigenvalue weighted by Gasteiger charge is 2.07. The smallest absolute Gasteiger partial charge is 0.234 e. The predicted molar refractivity (Wildman–Crippen MR) is 51.0 cm³/mol.